The second-order valence-corrected chi connectivity index (χ2v) is 7.93. The van der Waals surface area contributed by atoms with Gasteiger partial charge in [0.25, 0.3) is 5.95 Å². The van der Waals surface area contributed by atoms with Crippen LogP contribution in [-0.2, 0) is 4.79 Å². The van der Waals surface area contributed by atoms with Crippen molar-refractivity contribution in [3.05, 3.63) is 82.3 Å². The zero-order valence-corrected chi connectivity index (χ0v) is 20.8. The second kappa shape index (κ2) is 11.6. The van der Waals surface area contributed by atoms with Crippen LogP contribution in [0.4, 0.5) is 5.69 Å². The fourth-order valence-electron chi connectivity index (χ4n) is 3.65. The fraction of sp³-hybridized carbons (Fsp3) is 0.160. The Morgan fingerprint density at radius 2 is 1.97 bits per heavy atom. The number of carbonyl (C=O) groups is 1. The topological polar surface area (TPSA) is 207 Å². The van der Waals surface area contributed by atoms with E-state index < -0.39 is 17.7 Å². The van der Waals surface area contributed by atoms with E-state index in [9.17, 15) is 9.59 Å². The molecule has 14 nitrogen and oxygen atoms in total. The number of nitriles is 1. The number of ether oxygens (including phenoxy) is 3. The third kappa shape index (κ3) is 6.00. The van der Waals surface area contributed by atoms with Gasteiger partial charge in [0.1, 0.15) is 23.7 Å². The van der Waals surface area contributed by atoms with Crippen molar-refractivity contribution in [1.82, 2.24) is 24.7 Å². The molecule has 1 atom stereocenters. The summed E-state index contributed by atoms with van der Waals surface area (Å²) in [4.78, 5) is 35.3. The minimum Gasteiger partial charge on any atom is -0.493 e. The summed E-state index contributed by atoms with van der Waals surface area (Å²) in [7, 11) is 1.45. The molecule has 4 rings (SSSR count). The Labute approximate surface area is 221 Å². The summed E-state index contributed by atoms with van der Waals surface area (Å²) < 4.78 is 17.1. The lowest BCUT2D eigenvalue weighted by atomic mass is 10.0. The van der Waals surface area contributed by atoms with E-state index >= 15 is 0 Å². The normalized spacial score (nSPS) is 11.2. The Morgan fingerprint density at radius 3 is 2.64 bits per heavy atom. The summed E-state index contributed by atoms with van der Waals surface area (Å²) in [5.41, 5.74) is 6.34. The molecule has 0 aliphatic heterocycles. The lowest BCUT2D eigenvalue weighted by Gasteiger charge is -2.20. The van der Waals surface area contributed by atoms with Crippen molar-refractivity contribution in [2.45, 2.75) is 13.0 Å². The summed E-state index contributed by atoms with van der Waals surface area (Å²) in [6, 6.07) is 12.4. The van der Waals surface area contributed by atoms with Crippen molar-refractivity contribution in [1.29, 1.82) is 10.7 Å². The van der Waals surface area contributed by atoms with Crippen LogP contribution in [0.1, 0.15) is 29.9 Å². The van der Waals surface area contributed by atoms with E-state index in [1.165, 1.54) is 38.6 Å². The van der Waals surface area contributed by atoms with Crippen LogP contribution >= 0.6 is 0 Å². The second-order valence-electron chi connectivity index (χ2n) is 7.93. The number of methoxy groups -OCH3 is 1. The molecule has 0 amide bonds. The smallest absolute Gasteiger partial charge is 0.350 e. The Morgan fingerprint density at radius 1 is 1.21 bits per heavy atom. The predicted octanol–water partition coefficient (Wildman–Crippen LogP) is 1.67. The highest BCUT2D eigenvalue weighted by Gasteiger charge is 2.23. The third-order valence-electron chi connectivity index (χ3n) is 5.30. The molecule has 0 radical (unpaired) electrons. The number of rotatable bonds is 10. The highest BCUT2D eigenvalue weighted by Crippen LogP contribution is 2.34. The van der Waals surface area contributed by atoms with Gasteiger partial charge in [-0.15, -0.1) is 9.78 Å². The number of nitrogens with two attached hydrogens (primary N) is 1. The molecule has 0 aliphatic carbocycles. The standard InChI is InChI=1S/C25H23N9O5/c1-14(35)39-19-13-16(5-6-17(19)22(27)28)31-21(15-4-7-18(38-11-8-26)20(12-15)37-2)23-32-25(36)34(33-23)24-29-9-3-10-30-24/h3-7,9-10,12-13,21,31H,11H2,1-2H3,(H3,27,28)(H,32,33,36)/t21-/m0/s1. The quantitative estimate of drug-likeness (QED) is 0.101. The van der Waals surface area contributed by atoms with Crippen LogP contribution in [0, 0.1) is 16.7 Å². The molecule has 0 fully saturated rings. The maximum atomic E-state index is 12.8. The number of amidine groups is 1. The number of hydrogen-bond donors (Lipinski definition) is 4. The molecule has 0 saturated heterocycles. The molecule has 198 valence electrons. The monoisotopic (exact) mass is 529 g/mol. The van der Waals surface area contributed by atoms with E-state index in [1.807, 2.05) is 6.07 Å². The number of aromatic amines is 1. The van der Waals surface area contributed by atoms with Crippen LogP contribution in [-0.4, -0.2) is 50.3 Å². The average molecular weight is 530 g/mol. The molecule has 0 aliphatic rings. The van der Waals surface area contributed by atoms with Gasteiger partial charge >= 0.3 is 11.7 Å². The van der Waals surface area contributed by atoms with Crippen molar-refractivity contribution in [3.8, 4) is 29.3 Å². The van der Waals surface area contributed by atoms with Crippen molar-refractivity contribution in [3.63, 3.8) is 0 Å². The summed E-state index contributed by atoms with van der Waals surface area (Å²) >= 11 is 0. The van der Waals surface area contributed by atoms with Crippen molar-refractivity contribution in [2.24, 2.45) is 5.73 Å². The van der Waals surface area contributed by atoms with Crippen LogP contribution in [0.25, 0.3) is 5.95 Å². The number of hydrogen-bond acceptors (Lipinski definition) is 11. The molecule has 2 heterocycles. The fourth-order valence-corrected chi connectivity index (χ4v) is 3.65. The van der Waals surface area contributed by atoms with Gasteiger partial charge in [-0.05, 0) is 35.9 Å². The summed E-state index contributed by atoms with van der Waals surface area (Å²) in [5.74, 6) is 0.173. The Hall–Kier alpha value is -5.71. The van der Waals surface area contributed by atoms with Crippen LogP contribution in [0.5, 0.6) is 17.2 Å². The van der Waals surface area contributed by atoms with Crippen molar-refractivity contribution >= 4 is 17.5 Å². The Kier molecular flexibility index (Phi) is 7.81. The van der Waals surface area contributed by atoms with Gasteiger partial charge in [-0.3, -0.25) is 15.2 Å². The summed E-state index contributed by atoms with van der Waals surface area (Å²) in [5, 5.41) is 24.3. The molecule has 0 unspecified atom stereocenters. The number of esters is 1. The molecule has 0 bridgehead atoms. The van der Waals surface area contributed by atoms with Crippen molar-refractivity contribution in [2.75, 3.05) is 19.0 Å². The highest BCUT2D eigenvalue weighted by atomic mass is 16.5. The number of benzene rings is 2. The molecular weight excluding hydrogens is 506 g/mol. The number of nitrogen functional groups attached to an aromatic ring is 1. The van der Waals surface area contributed by atoms with Crippen LogP contribution in [0.3, 0.4) is 0 Å². The first-order valence-electron chi connectivity index (χ1n) is 11.4. The largest absolute Gasteiger partial charge is 0.493 e. The minimum absolute atomic E-state index is 0.0736. The van der Waals surface area contributed by atoms with Gasteiger partial charge in [-0.25, -0.2) is 14.8 Å². The van der Waals surface area contributed by atoms with E-state index in [4.69, 9.17) is 30.6 Å². The van der Waals surface area contributed by atoms with E-state index in [1.54, 1.807) is 30.3 Å². The van der Waals surface area contributed by atoms with Crippen LogP contribution < -0.4 is 31.0 Å². The third-order valence-corrected chi connectivity index (χ3v) is 5.30. The maximum Gasteiger partial charge on any atom is 0.350 e. The van der Waals surface area contributed by atoms with Gasteiger partial charge < -0.3 is 25.3 Å². The number of carbonyl (C=O) groups excluding carboxylic acids is 1. The number of nitrogens with zero attached hydrogens (tertiary/aromatic N) is 5. The van der Waals surface area contributed by atoms with Gasteiger partial charge in [0, 0.05) is 31.1 Å². The van der Waals surface area contributed by atoms with Gasteiger partial charge in [-0.2, -0.15) is 5.26 Å². The van der Waals surface area contributed by atoms with Crippen LogP contribution in [0.15, 0.2) is 59.7 Å². The zero-order chi connectivity index (χ0) is 27.9. The minimum atomic E-state index is -0.782. The van der Waals surface area contributed by atoms with E-state index in [0.29, 0.717) is 22.7 Å². The molecule has 2 aromatic carbocycles. The molecule has 0 saturated carbocycles. The summed E-state index contributed by atoms with van der Waals surface area (Å²) in [6.45, 7) is 1.06. The lowest BCUT2D eigenvalue weighted by Crippen LogP contribution is -2.18. The van der Waals surface area contributed by atoms with E-state index in [-0.39, 0.29) is 35.5 Å². The van der Waals surface area contributed by atoms with Crippen molar-refractivity contribution < 1.29 is 19.0 Å². The Balaban J connectivity index is 1.81. The average Bonchev–Trinajstić information content (AvgIpc) is 3.31. The maximum absolute atomic E-state index is 12.8. The molecular formula is C25H23N9O5. The number of anilines is 1. The first-order chi connectivity index (χ1) is 18.8. The van der Waals surface area contributed by atoms with Gasteiger partial charge in [0.2, 0.25) is 0 Å². The first kappa shape index (κ1) is 26.4. The highest BCUT2D eigenvalue weighted by molar-refractivity contribution is 5.98. The van der Waals surface area contributed by atoms with E-state index in [0.717, 1.165) is 4.68 Å². The van der Waals surface area contributed by atoms with Gasteiger partial charge in [0.15, 0.2) is 23.9 Å². The summed E-state index contributed by atoms with van der Waals surface area (Å²) in [6.07, 6.45) is 2.97. The number of nitrogens with one attached hydrogen (secondary N) is 3. The molecule has 39 heavy (non-hydrogen) atoms. The predicted molar refractivity (Wildman–Crippen MR) is 138 cm³/mol. The van der Waals surface area contributed by atoms with Gasteiger partial charge in [-0.1, -0.05) is 6.07 Å². The van der Waals surface area contributed by atoms with E-state index in [2.05, 4.69) is 25.4 Å². The SMILES string of the molecule is COc1cc([C@H](Nc2ccc(C(=N)N)c(OC(C)=O)c2)c2nn(-c3ncccn3)c(=O)[nH]2)ccc1OCC#N. The molecule has 0 spiro atoms. The zero-order valence-electron chi connectivity index (χ0n) is 20.8. The number of H-pyrrole nitrogens is 1. The molecule has 4 aromatic rings. The van der Waals surface area contributed by atoms with Gasteiger partial charge in [0.05, 0.1) is 12.7 Å². The Bertz CT molecular complexity index is 1610. The van der Waals surface area contributed by atoms with Crippen LogP contribution in [0.2, 0.25) is 0 Å². The number of aromatic nitrogens is 5. The molecule has 5 N–H and O–H groups in total. The molecule has 14 heteroatoms. The molecule has 2 aromatic heterocycles. The lowest BCUT2D eigenvalue weighted by molar-refractivity contribution is -0.131. The first-order valence-corrected chi connectivity index (χ1v) is 11.4.